The van der Waals surface area contributed by atoms with Gasteiger partial charge in [-0.25, -0.2) is 0 Å². The standard InChI is InChI=1S/C22H25N3O2S/c1-4-19-21(15(3)24-27-19)18-7-5-6-17(23-18)16-10-12-25(13-11-16)22(26)20-9-8-14(2)28-20/h5-9,16H,4,10-13H2,1-3H3. The lowest BCUT2D eigenvalue weighted by atomic mass is 9.92. The summed E-state index contributed by atoms with van der Waals surface area (Å²) in [7, 11) is 0. The minimum absolute atomic E-state index is 0.158. The predicted octanol–water partition coefficient (Wildman–Crippen LogP) is 5.00. The summed E-state index contributed by atoms with van der Waals surface area (Å²) in [5, 5.41) is 4.11. The third kappa shape index (κ3) is 3.61. The average Bonchev–Trinajstić information content (AvgIpc) is 3.33. The van der Waals surface area contributed by atoms with Gasteiger partial charge in [0.15, 0.2) is 0 Å². The number of pyridine rings is 1. The van der Waals surface area contributed by atoms with Crippen LogP contribution >= 0.6 is 11.3 Å². The van der Waals surface area contributed by atoms with E-state index in [4.69, 9.17) is 9.51 Å². The van der Waals surface area contributed by atoms with Gasteiger partial charge in [-0.3, -0.25) is 9.78 Å². The number of nitrogens with zero attached hydrogens (tertiary/aromatic N) is 3. The highest BCUT2D eigenvalue weighted by atomic mass is 32.1. The molecule has 3 aromatic heterocycles. The summed E-state index contributed by atoms with van der Waals surface area (Å²) < 4.78 is 5.44. The number of carbonyl (C=O) groups excluding carboxylic acids is 1. The SMILES string of the molecule is CCc1onc(C)c1-c1cccc(C2CCN(C(=O)c3ccc(C)s3)CC2)n1. The minimum atomic E-state index is 0.158. The molecular weight excluding hydrogens is 370 g/mol. The lowest BCUT2D eigenvalue weighted by Crippen LogP contribution is -2.37. The van der Waals surface area contributed by atoms with Crippen molar-refractivity contribution in [2.75, 3.05) is 13.1 Å². The quantitative estimate of drug-likeness (QED) is 0.624. The molecule has 0 atom stereocenters. The molecule has 1 aliphatic rings. The number of amides is 1. The second kappa shape index (κ2) is 7.87. The van der Waals surface area contributed by atoms with Gasteiger partial charge in [0.1, 0.15) is 5.76 Å². The summed E-state index contributed by atoms with van der Waals surface area (Å²) in [6.45, 7) is 7.61. The predicted molar refractivity (Wildman–Crippen MR) is 111 cm³/mol. The highest BCUT2D eigenvalue weighted by Crippen LogP contribution is 2.31. The molecule has 0 bridgehead atoms. The van der Waals surface area contributed by atoms with Crippen LogP contribution in [0.25, 0.3) is 11.3 Å². The molecule has 6 heteroatoms. The van der Waals surface area contributed by atoms with Gasteiger partial charge < -0.3 is 9.42 Å². The van der Waals surface area contributed by atoms with Crippen LogP contribution in [-0.4, -0.2) is 34.0 Å². The van der Waals surface area contributed by atoms with Crippen molar-refractivity contribution in [1.82, 2.24) is 15.0 Å². The van der Waals surface area contributed by atoms with E-state index >= 15 is 0 Å². The molecule has 0 N–H and O–H groups in total. The number of rotatable bonds is 4. The van der Waals surface area contributed by atoms with Crippen LogP contribution in [-0.2, 0) is 6.42 Å². The first kappa shape index (κ1) is 18.9. The number of thiophene rings is 1. The van der Waals surface area contributed by atoms with E-state index in [-0.39, 0.29) is 5.91 Å². The minimum Gasteiger partial charge on any atom is -0.360 e. The third-order valence-corrected chi connectivity index (χ3v) is 6.42. The summed E-state index contributed by atoms with van der Waals surface area (Å²) in [5.74, 6) is 1.42. The van der Waals surface area contributed by atoms with E-state index in [0.717, 1.165) is 65.6 Å². The lowest BCUT2D eigenvalue weighted by molar-refractivity contribution is 0.0717. The number of aromatic nitrogens is 2. The van der Waals surface area contributed by atoms with Crippen LogP contribution in [0.4, 0.5) is 0 Å². The maximum Gasteiger partial charge on any atom is 0.263 e. The van der Waals surface area contributed by atoms with Crippen molar-refractivity contribution in [2.24, 2.45) is 0 Å². The Labute approximate surface area is 169 Å². The van der Waals surface area contributed by atoms with Crippen LogP contribution < -0.4 is 0 Å². The second-order valence-electron chi connectivity index (χ2n) is 7.34. The van der Waals surface area contributed by atoms with E-state index in [1.807, 2.05) is 36.9 Å². The molecule has 5 nitrogen and oxygen atoms in total. The number of hydrogen-bond donors (Lipinski definition) is 0. The van der Waals surface area contributed by atoms with E-state index in [9.17, 15) is 4.79 Å². The highest BCUT2D eigenvalue weighted by Gasteiger charge is 2.26. The Morgan fingerprint density at radius 2 is 2.00 bits per heavy atom. The number of hydrogen-bond acceptors (Lipinski definition) is 5. The third-order valence-electron chi connectivity index (χ3n) is 5.43. The van der Waals surface area contributed by atoms with Gasteiger partial charge in [0.05, 0.1) is 21.8 Å². The first-order chi connectivity index (χ1) is 13.6. The van der Waals surface area contributed by atoms with Gasteiger partial charge in [-0.2, -0.15) is 0 Å². The van der Waals surface area contributed by atoms with Crippen molar-refractivity contribution in [3.05, 3.63) is 57.2 Å². The molecule has 1 saturated heterocycles. The van der Waals surface area contributed by atoms with Crippen LogP contribution in [0.5, 0.6) is 0 Å². The molecule has 0 aromatic carbocycles. The molecule has 1 fully saturated rings. The first-order valence-electron chi connectivity index (χ1n) is 9.85. The first-order valence-corrected chi connectivity index (χ1v) is 10.7. The van der Waals surface area contributed by atoms with Crippen LogP contribution in [0.15, 0.2) is 34.9 Å². The Balaban J connectivity index is 1.48. The monoisotopic (exact) mass is 395 g/mol. The molecular formula is C22H25N3O2S. The van der Waals surface area contributed by atoms with Gasteiger partial charge >= 0.3 is 0 Å². The molecule has 0 spiro atoms. The average molecular weight is 396 g/mol. The summed E-state index contributed by atoms with van der Waals surface area (Å²) in [6, 6.07) is 10.1. The molecule has 0 aliphatic carbocycles. The molecule has 3 aromatic rings. The normalized spacial score (nSPS) is 15.2. The summed E-state index contributed by atoms with van der Waals surface area (Å²) in [4.78, 5) is 21.6. The van der Waals surface area contributed by atoms with Crippen molar-refractivity contribution in [1.29, 1.82) is 0 Å². The van der Waals surface area contributed by atoms with Crippen LogP contribution in [0.3, 0.4) is 0 Å². The van der Waals surface area contributed by atoms with E-state index in [0.29, 0.717) is 5.92 Å². The van der Waals surface area contributed by atoms with E-state index in [1.165, 1.54) is 4.88 Å². The molecule has 4 rings (SSSR count). The molecule has 1 aliphatic heterocycles. The number of carbonyl (C=O) groups is 1. The summed E-state index contributed by atoms with van der Waals surface area (Å²) in [5.41, 5.74) is 3.93. The van der Waals surface area contributed by atoms with Gasteiger partial charge in [-0.15, -0.1) is 11.3 Å². The van der Waals surface area contributed by atoms with Gasteiger partial charge in [0.25, 0.3) is 5.91 Å². The zero-order chi connectivity index (χ0) is 19.7. The second-order valence-corrected chi connectivity index (χ2v) is 8.63. The fourth-order valence-corrected chi connectivity index (χ4v) is 4.72. The number of likely N-dealkylation sites (tertiary alicyclic amines) is 1. The molecule has 28 heavy (non-hydrogen) atoms. The Morgan fingerprint density at radius 3 is 2.68 bits per heavy atom. The van der Waals surface area contributed by atoms with E-state index in [2.05, 4.69) is 24.2 Å². The smallest absolute Gasteiger partial charge is 0.263 e. The van der Waals surface area contributed by atoms with Crippen LogP contribution in [0.1, 0.15) is 57.4 Å². The maximum absolute atomic E-state index is 12.7. The number of piperidine rings is 1. The zero-order valence-electron chi connectivity index (χ0n) is 16.6. The molecule has 0 radical (unpaired) electrons. The summed E-state index contributed by atoms with van der Waals surface area (Å²) in [6.07, 6.45) is 2.68. The van der Waals surface area contributed by atoms with Gasteiger partial charge in [0, 0.05) is 36.0 Å². The Morgan fingerprint density at radius 1 is 1.21 bits per heavy atom. The zero-order valence-corrected chi connectivity index (χ0v) is 17.4. The largest absolute Gasteiger partial charge is 0.360 e. The van der Waals surface area contributed by atoms with E-state index in [1.54, 1.807) is 11.3 Å². The van der Waals surface area contributed by atoms with E-state index < -0.39 is 0 Å². The van der Waals surface area contributed by atoms with Crippen molar-refractivity contribution in [2.45, 2.75) is 46.0 Å². The Kier molecular flexibility index (Phi) is 5.31. The Hall–Kier alpha value is -2.47. The molecule has 146 valence electrons. The Bertz CT molecular complexity index is 983. The fraction of sp³-hybridized carbons (Fsp3) is 0.409. The molecule has 1 amide bonds. The van der Waals surface area contributed by atoms with Gasteiger partial charge in [-0.05, 0) is 51.0 Å². The molecule has 4 heterocycles. The molecule has 0 saturated carbocycles. The van der Waals surface area contributed by atoms with Gasteiger partial charge in [-0.1, -0.05) is 18.1 Å². The maximum atomic E-state index is 12.7. The lowest BCUT2D eigenvalue weighted by Gasteiger charge is -2.31. The van der Waals surface area contributed by atoms with Crippen LogP contribution in [0.2, 0.25) is 0 Å². The highest BCUT2D eigenvalue weighted by molar-refractivity contribution is 7.13. The van der Waals surface area contributed by atoms with Crippen molar-refractivity contribution >= 4 is 17.2 Å². The number of aryl methyl sites for hydroxylation is 3. The molecule has 0 unspecified atom stereocenters. The summed E-state index contributed by atoms with van der Waals surface area (Å²) >= 11 is 1.57. The van der Waals surface area contributed by atoms with Crippen LogP contribution in [0, 0.1) is 13.8 Å². The van der Waals surface area contributed by atoms with Crippen molar-refractivity contribution < 1.29 is 9.32 Å². The van der Waals surface area contributed by atoms with Crippen molar-refractivity contribution in [3.8, 4) is 11.3 Å². The topological polar surface area (TPSA) is 59.2 Å². The fourth-order valence-electron chi connectivity index (χ4n) is 3.89. The van der Waals surface area contributed by atoms with Gasteiger partial charge in [0.2, 0.25) is 0 Å². The van der Waals surface area contributed by atoms with Crippen molar-refractivity contribution in [3.63, 3.8) is 0 Å².